The highest BCUT2D eigenvalue weighted by Gasteiger charge is 2.18. The maximum Gasteiger partial charge on any atom is 0.299 e. The number of hydrogen-bond donors (Lipinski definition) is 2. The van der Waals surface area contributed by atoms with Crippen LogP contribution >= 0.6 is 0 Å². The van der Waals surface area contributed by atoms with Crippen LogP contribution in [0.3, 0.4) is 0 Å². The zero-order chi connectivity index (χ0) is 23.1. The number of rotatable bonds is 4. The molecule has 0 aliphatic heterocycles. The number of nitrogen functional groups attached to an aromatic ring is 1. The number of nitrogens with two attached hydrogens (primary N) is 1. The summed E-state index contributed by atoms with van der Waals surface area (Å²) in [4.78, 5) is 30.3. The molecule has 0 radical (unpaired) electrons. The van der Waals surface area contributed by atoms with Gasteiger partial charge in [-0.2, -0.15) is 4.52 Å². The van der Waals surface area contributed by atoms with E-state index in [0.717, 1.165) is 5.56 Å². The van der Waals surface area contributed by atoms with Gasteiger partial charge >= 0.3 is 0 Å². The molecule has 0 saturated carbocycles. The fourth-order valence-electron chi connectivity index (χ4n) is 3.67. The summed E-state index contributed by atoms with van der Waals surface area (Å²) in [6.45, 7) is 1.78. The van der Waals surface area contributed by atoms with E-state index in [4.69, 9.17) is 5.73 Å². The number of aromatic nitrogens is 5. The van der Waals surface area contributed by atoms with Gasteiger partial charge in [0.25, 0.3) is 11.1 Å². The molecule has 10 heteroatoms. The van der Waals surface area contributed by atoms with E-state index in [1.165, 1.54) is 15.3 Å². The molecular formula is C23H20N8O2. The molecule has 164 valence electrons. The van der Waals surface area contributed by atoms with Crippen molar-refractivity contribution >= 4 is 22.8 Å². The fraction of sp³-hybridized carbons (Fsp3) is 0.0870. The van der Waals surface area contributed by atoms with Crippen molar-refractivity contribution in [1.29, 1.82) is 0 Å². The fourth-order valence-corrected chi connectivity index (χ4v) is 3.67. The molecule has 10 nitrogen and oxygen atoms in total. The average Bonchev–Trinajstić information content (AvgIpc) is 3.26. The lowest BCUT2D eigenvalue weighted by molar-refractivity contribution is 0.630. The lowest BCUT2D eigenvalue weighted by Gasteiger charge is -2.07. The van der Waals surface area contributed by atoms with E-state index in [1.807, 2.05) is 60.7 Å². The lowest BCUT2D eigenvalue weighted by Crippen LogP contribution is -2.19. The van der Waals surface area contributed by atoms with Gasteiger partial charge < -0.3 is 5.73 Å². The minimum Gasteiger partial charge on any atom is -0.382 e. The summed E-state index contributed by atoms with van der Waals surface area (Å²) in [5.74, 6) is 0.116. The third-order valence-electron chi connectivity index (χ3n) is 5.46. The van der Waals surface area contributed by atoms with Crippen LogP contribution in [0.15, 0.2) is 86.5 Å². The Hall–Kier alpha value is -4.73. The second kappa shape index (κ2) is 7.75. The van der Waals surface area contributed by atoms with E-state index in [2.05, 4.69) is 20.3 Å². The number of para-hydroxylation sites is 1. The molecular weight excluding hydrogens is 420 g/mol. The van der Waals surface area contributed by atoms with Crippen molar-refractivity contribution in [3.63, 3.8) is 0 Å². The number of azo groups is 1. The molecule has 0 aliphatic carbocycles. The van der Waals surface area contributed by atoms with E-state index in [0.29, 0.717) is 17.1 Å². The molecule has 3 heterocycles. The summed E-state index contributed by atoms with van der Waals surface area (Å²) in [6, 6.07) is 20.0. The van der Waals surface area contributed by atoms with Crippen LogP contribution in [0.4, 0.5) is 17.2 Å². The number of aromatic amines is 1. The quantitative estimate of drug-likeness (QED) is 0.415. The first-order valence-corrected chi connectivity index (χ1v) is 10.2. The van der Waals surface area contributed by atoms with Crippen LogP contribution in [0.25, 0.3) is 22.6 Å². The van der Waals surface area contributed by atoms with Crippen LogP contribution in [0.1, 0.15) is 5.69 Å². The number of H-pyrrole nitrogens is 1. The second-order valence-corrected chi connectivity index (χ2v) is 7.49. The molecule has 5 aromatic rings. The van der Waals surface area contributed by atoms with Crippen molar-refractivity contribution in [2.24, 2.45) is 17.3 Å². The van der Waals surface area contributed by atoms with Crippen LogP contribution < -0.4 is 16.9 Å². The van der Waals surface area contributed by atoms with Gasteiger partial charge in [-0.3, -0.25) is 19.4 Å². The standard InChI is InChI=1S/C23H20N8O2/c1-14-19(23(33)31(29(14)2)16-11-7-4-8-12-16)26-27-20-21(24)28-30-18(32)13-17(25-22(20)30)15-9-5-3-6-10-15/h3-13,28H,24H2,1-2H3. The number of hydrogen-bond acceptors (Lipinski definition) is 6. The van der Waals surface area contributed by atoms with E-state index in [-0.39, 0.29) is 34.0 Å². The SMILES string of the molecule is Cc1c(N=Nc2c(N)[nH]n3c(=O)cc(-c4ccccc4)nc23)c(=O)n(-c2ccccc2)n1C. The third kappa shape index (κ3) is 3.33. The zero-order valence-corrected chi connectivity index (χ0v) is 17.9. The first kappa shape index (κ1) is 20.2. The molecule has 5 rings (SSSR count). The second-order valence-electron chi connectivity index (χ2n) is 7.49. The van der Waals surface area contributed by atoms with E-state index in [9.17, 15) is 9.59 Å². The lowest BCUT2D eigenvalue weighted by atomic mass is 10.1. The van der Waals surface area contributed by atoms with Gasteiger partial charge in [-0.15, -0.1) is 10.2 Å². The molecule has 33 heavy (non-hydrogen) atoms. The first-order valence-electron chi connectivity index (χ1n) is 10.2. The number of benzene rings is 2. The van der Waals surface area contributed by atoms with E-state index >= 15 is 0 Å². The van der Waals surface area contributed by atoms with Crippen molar-refractivity contribution < 1.29 is 0 Å². The average molecular weight is 440 g/mol. The molecule has 0 aliphatic rings. The highest BCUT2D eigenvalue weighted by Crippen LogP contribution is 2.29. The molecule has 3 aromatic heterocycles. The van der Waals surface area contributed by atoms with Crippen molar-refractivity contribution in [1.82, 2.24) is 24.0 Å². The third-order valence-corrected chi connectivity index (χ3v) is 5.46. The summed E-state index contributed by atoms with van der Waals surface area (Å²) in [5.41, 5.74) is 8.59. The molecule has 0 amide bonds. The molecule has 0 atom stereocenters. The summed E-state index contributed by atoms with van der Waals surface area (Å²) in [6.07, 6.45) is 0. The van der Waals surface area contributed by atoms with Crippen LogP contribution in [-0.4, -0.2) is 24.0 Å². The van der Waals surface area contributed by atoms with Gasteiger partial charge in [0, 0.05) is 18.7 Å². The number of anilines is 1. The van der Waals surface area contributed by atoms with Crippen molar-refractivity contribution in [2.75, 3.05) is 5.73 Å². The molecule has 0 saturated heterocycles. The van der Waals surface area contributed by atoms with Gasteiger partial charge in [-0.05, 0) is 19.1 Å². The van der Waals surface area contributed by atoms with Crippen LogP contribution in [-0.2, 0) is 7.05 Å². The molecule has 0 bridgehead atoms. The van der Waals surface area contributed by atoms with Gasteiger partial charge in [0.2, 0.25) is 0 Å². The maximum absolute atomic E-state index is 13.1. The van der Waals surface area contributed by atoms with Crippen molar-refractivity contribution in [2.45, 2.75) is 6.92 Å². The van der Waals surface area contributed by atoms with Crippen molar-refractivity contribution in [3.8, 4) is 16.9 Å². The Balaban J connectivity index is 1.64. The number of fused-ring (bicyclic) bond motifs is 1. The Morgan fingerprint density at radius 3 is 2.27 bits per heavy atom. The van der Waals surface area contributed by atoms with E-state index in [1.54, 1.807) is 18.7 Å². The minimum atomic E-state index is -0.339. The van der Waals surface area contributed by atoms with Crippen LogP contribution in [0.2, 0.25) is 0 Å². The summed E-state index contributed by atoms with van der Waals surface area (Å²) < 4.78 is 4.43. The molecule has 3 N–H and O–H groups in total. The summed E-state index contributed by atoms with van der Waals surface area (Å²) >= 11 is 0. The molecule has 0 spiro atoms. The highest BCUT2D eigenvalue weighted by atomic mass is 16.1. The van der Waals surface area contributed by atoms with Crippen LogP contribution in [0, 0.1) is 6.92 Å². The smallest absolute Gasteiger partial charge is 0.299 e. The number of nitrogens with zero attached hydrogens (tertiary/aromatic N) is 6. The van der Waals surface area contributed by atoms with Gasteiger partial charge in [-0.25, -0.2) is 9.67 Å². The van der Waals surface area contributed by atoms with Gasteiger partial charge in [0.05, 0.1) is 17.1 Å². The van der Waals surface area contributed by atoms with Crippen molar-refractivity contribution in [3.05, 3.63) is 93.1 Å². The predicted molar refractivity (Wildman–Crippen MR) is 126 cm³/mol. The highest BCUT2D eigenvalue weighted by molar-refractivity contribution is 5.77. The van der Waals surface area contributed by atoms with E-state index < -0.39 is 0 Å². The molecule has 2 aromatic carbocycles. The Morgan fingerprint density at radius 2 is 1.58 bits per heavy atom. The van der Waals surface area contributed by atoms with Crippen LogP contribution in [0.5, 0.6) is 0 Å². The Bertz CT molecular complexity index is 1620. The topological polar surface area (TPSA) is 128 Å². The molecule has 0 fully saturated rings. The molecule has 0 unspecified atom stereocenters. The largest absolute Gasteiger partial charge is 0.382 e. The Kier molecular flexibility index (Phi) is 4.74. The number of nitrogens with one attached hydrogen (secondary N) is 1. The summed E-state index contributed by atoms with van der Waals surface area (Å²) in [7, 11) is 1.77. The zero-order valence-electron chi connectivity index (χ0n) is 17.9. The predicted octanol–water partition coefficient (Wildman–Crippen LogP) is 3.49. The Labute approximate surface area is 187 Å². The Morgan fingerprint density at radius 1 is 0.939 bits per heavy atom. The monoisotopic (exact) mass is 440 g/mol. The van der Waals surface area contributed by atoms with Gasteiger partial charge in [0.1, 0.15) is 5.82 Å². The normalized spacial score (nSPS) is 11.6. The first-order chi connectivity index (χ1) is 16.0. The summed E-state index contributed by atoms with van der Waals surface area (Å²) in [5, 5.41) is 11.2. The minimum absolute atomic E-state index is 0.116. The maximum atomic E-state index is 13.1. The van der Waals surface area contributed by atoms with Gasteiger partial charge in [0.15, 0.2) is 17.0 Å². The van der Waals surface area contributed by atoms with Gasteiger partial charge in [-0.1, -0.05) is 48.5 Å².